The molecule has 106 valence electrons. The number of ether oxygens (including phenoxy) is 2. The molecule has 0 aliphatic heterocycles. The molecule has 0 aliphatic carbocycles. The largest absolute Gasteiger partial charge is 0.382 e. The van der Waals surface area contributed by atoms with Gasteiger partial charge in [0.1, 0.15) is 12.7 Å². The van der Waals surface area contributed by atoms with Crippen LogP contribution in [0.2, 0.25) is 0 Å². The topological polar surface area (TPSA) is 79.1 Å². The highest BCUT2D eigenvalue weighted by Crippen LogP contribution is 2.14. The third-order valence-electron chi connectivity index (χ3n) is 2.50. The first-order valence-corrected chi connectivity index (χ1v) is 6.21. The fourth-order valence-corrected chi connectivity index (χ4v) is 1.72. The van der Waals surface area contributed by atoms with Crippen LogP contribution in [0.1, 0.15) is 16.1 Å². The molecule has 0 atom stereocenters. The molecule has 0 aliphatic rings. The van der Waals surface area contributed by atoms with Gasteiger partial charge in [-0.1, -0.05) is 0 Å². The zero-order valence-corrected chi connectivity index (χ0v) is 11.6. The summed E-state index contributed by atoms with van der Waals surface area (Å²) in [7, 11) is 1.58. The Balaban J connectivity index is 2.21. The number of carbonyl (C=O) groups is 1. The molecule has 0 bridgehead atoms. The summed E-state index contributed by atoms with van der Waals surface area (Å²) in [6.45, 7) is 1.04. The average molecular weight is 297 g/mol. The number of halogens is 1. The van der Waals surface area contributed by atoms with E-state index < -0.39 is 5.24 Å². The van der Waals surface area contributed by atoms with Crippen LogP contribution >= 0.6 is 11.6 Å². The molecule has 0 radical (unpaired) electrons. The lowest BCUT2D eigenvalue weighted by atomic mass is 10.2. The van der Waals surface area contributed by atoms with Crippen molar-refractivity contribution in [2.75, 3.05) is 20.3 Å². The Kier molecular flexibility index (Phi) is 5.16. The van der Waals surface area contributed by atoms with Gasteiger partial charge >= 0.3 is 0 Å². The van der Waals surface area contributed by atoms with Crippen LogP contribution in [0.15, 0.2) is 24.8 Å². The molecule has 20 heavy (non-hydrogen) atoms. The van der Waals surface area contributed by atoms with Crippen LogP contribution in [-0.4, -0.2) is 45.3 Å². The fraction of sp³-hybridized carbons (Fsp3) is 0.333. The predicted octanol–water partition coefficient (Wildman–Crippen LogP) is 1.20. The SMILES string of the molecule is COCCOCc1nc(-n2cncn2)ccc1C(=O)Cl. The fourth-order valence-electron chi connectivity index (χ4n) is 1.54. The van der Waals surface area contributed by atoms with E-state index in [-0.39, 0.29) is 6.61 Å². The Bertz CT molecular complexity index is 574. The number of hydrogen-bond acceptors (Lipinski definition) is 6. The quantitative estimate of drug-likeness (QED) is 0.564. The number of rotatable bonds is 7. The van der Waals surface area contributed by atoms with E-state index in [4.69, 9.17) is 21.1 Å². The highest BCUT2D eigenvalue weighted by Gasteiger charge is 2.12. The van der Waals surface area contributed by atoms with Crippen molar-refractivity contribution in [3.8, 4) is 5.82 Å². The van der Waals surface area contributed by atoms with Gasteiger partial charge in [0.2, 0.25) is 0 Å². The molecule has 0 spiro atoms. The Morgan fingerprint density at radius 1 is 1.40 bits per heavy atom. The second-order valence-corrected chi connectivity index (χ2v) is 4.17. The lowest BCUT2D eigenvalue weighted by molar-refractivity contribution is 0.0597. The van der Waals surface area contributed by atoms with Crippen molar-refractivity contribution in [3.05, 3.63) is 36.0 Å². The first kappa shape index (κ1) is 14.6. The molecule has 0 aromatic carbocycles. The van der Waals surface area contributed by atoms with E-state index in [2.05, 4.69) is 15.1 Å². The first-order valence-electron chi connectivity index (χ1n) is 5.84. The van der Waals surface area contributed by atoms with Crippen molar-refractivity contribution in [2.45, 2.75) is 6.61 Å². The van der Waals surface area contributed by atoms with Gasteiger partial charge in [-0.05, 0) is 23.7 Å². The molecule has 0 fully saturated rings. The summed E-state index contributed by atoms with van der Waals surface area (Å²) in [4.78, 5) is 19.5. The molecule has 0 amide bonds. The monoisotopic (exact) mass is 296 g/mol. The highest BCUT2D eigenvalue weighted by atomic mass is 35.5. The standard InChI is InChI=1S/C12H13ClN4O3/c1-19-4-5-20-6-10-9(12(13)18)2-3-11(16-10)17-8-14-7-15-17/h2-3,7-8H,4-6H2,1H3. The van der Waals surface area contributed by atoms with E-state index in [9.17, 15) is 4.79 Å². The maximum atomic E-state index is 11.4. The Labute approximate surface area is 120 Å². The molecule has 0 saturated heterocycles. The van der Waals surface area contributed by atoms with Gasteiger partial charge in [-0.15, -0.1) is 0 Å². The summed E-state index contributed by atoms with van der Waals surface area (Å²) in [5.74, 6) is 0.537. The lowest BCUT2D eigenvalue weighted by Crippen LogP contribution is -2.09. The van der Waals surface area contributed by atoms with Crippen LogP contribution in [0, 0.1) is 0 Å². The van der Waals surface area contributed by atoms with Crippen molar-refractivity contribution in [3.63, 3.8) is 0 Å². The summed E-state index contributed by atoms with van der Waals surface area (Å²) < 4.78 is 11.7. The normalized spacial score (nSPS) is 10.7. The highest BCUT2D eigenvalue weighted by molar-refractivity contribution is 6.67. The van der Waals surface area contributed by atoms with Gasteiger partial charge < -0.3 is 9.47 Å². The number of aromatic nitrogens is 4. The Morgan fingerprint density at radius 3 is 2.90 bits per heavy atom. The summed E-state index contributed by atoms with van der Waals surface area (Å²) in [6, 6.07) is 3.23. The Morgan fingerprint density at radius 2 is 2.25 bits per heavy atom. The van der Waals surface area contributed by atoms with Crippen LogP contribution < -0.4 is 0 Å². The smallest absolute Gasteiger partial charge is 0.254 e. The van der Waals surface area contributed by atoms with Crippen LogP contribution in [0.3, 0.4) is 0 Å². The van der Waals surface area contributed by atoms with Gasteiger partial charge in [-0.2, -0.15) is 5.10 Å². The summed E-state index contributed by atoms with van der Waals surface area (Å²) >= 11 is 5.53. The predicted molar refractivity (Wildman–Crippen MR) is 70.9 cm³/mol. The van der Waals surface area contributed by atoms with E-state index >= 15 is 0 Å². The number of carbonyl (C=O) groups excluding carboxylic acids is 1. The van der Waals surface area contributed by atoms with Crippen molar-refractivity contribution in [1.29, 1.82) is 0 Å². The molecular weight excluding hydrogens is 284 g/mol. The number of hydrogen-bond donors (Lipinski definition) is 0. The van der Waals surface area contributed by atoms with Gasteiger partial charge in [0.25, 0.3) is 5.24 Å². The van der Waals surface area contributed by atoms with E-state index in [0.29, 0.717) is 30.3 Å². The van der Waals surface area contributed by atoms with Crippen LogP contribution in [-0.2, 0) is 16.1 Å². The molecule has 2 heterocycles. The molecular formula is C12H13ClN4O3. The molecule has 0 N–H and O–H groups in total. The van der Waals surface area contributed by atoms with Crippen LogP contribution in [0.25, 0.3) is 5.82 Å². The second-order valence-electron chi connectivity index (χ2n) is 3.82. The molecule has 0 saturated carbocycles. The number of methoxy groups -OCH3 is 1. The van der Waals surface area contributed by atoms with Crippen molar-refractivity contribution in [2.24, 2.45) is 0 Å². The molecule has 7 nitrogen and oxygen atoms in total. The zero-order chi connectivity index (χ0) is 14.4. The zero-order valence-electron chi connectivity index (χ0n) is 10.8. The van der Waals surface area contributed by atoms with Crippen molar-refractivity contribution < 1.29 is 14.3 Å². The molecule has 2 rings (SSSR count). The molecule has 2 aromatic heterocycles. The van der Waals surface area contributed by atoms with Gasteiger partial charge in [-0.25, -0.2) is 14.6 Å². The first-order chi connectivity index (χ1) is 9.72. The van der Waals surface area contributed by atoms with Gasteiger partial charge in [0, 0.05) is 7.11 Å². The molecule has 0 unspecified atom stereocenters. The maximum Gasteiger partial charge on any atom is 0.254 e. The number of pyridine rings is 1. The van der Waals surface area contributed by atoms with E-state index in [1.807, 2.05) is 0 Å². The van der Waals surface area contributed by atoms with Crippen LogP contribution in [0.5, 0.6) is 0 Å². The van der Waals surface area contributed by atoms with Crippen molar-refractivity contribution in [1.82, 2.24) is 19.7 Å². The third kappa shape index (κ3) is 3.60. The van der Waals surface area contributed by atoms with E-state index in [1.54, 1.807) is 19.2 Å². The van der Waals surface area contributed by atoms with Gasteiger partial charge in [0.15, 0.2) is 5.82 Å². The second kappa shape index (κ2) is 7.09. The molecule has 8 heteroatoms. The average Bonchev–Trinajstić information content (AvgIpc) is 2.97. The maximum absolute atomic E-state index is 11.4. The van der Waals surface area contributed by atoms with Gasteiger partial charge in [-0.3, -0.25) is 4.79 Å². The lowest BCUT2D eigenvalue weighted by Gasteiger charge is -2.08. The van der Waals surface area contributed by atoms with E-state index in [1.165, 1.54) is 17.3 Å². The van der Waals surface area contributed by atoms with Gasteiger partial charge in [0.05, 0.1) is 31.1 Å². The third-order valence-corrected chi connectivity index (χ3v) is 2.70. The minimum atomic E-state index is -0.576. The minimum absolute atomic E-state index is 0.166. The summed E-state index contributed by atoms with van der Waals surface area (Å²) in [6.07, 6.45) is 2.91. The Hall–Kier alpha value is -1.83. The minimum Gasteiger partial charge on any atom is -0.382 e. The molecule has 2 aromatic rings. The van der Waals surface area contributed by atoms with E-state index in [0.717, 1.165) is 0 Å². The van der Waals surface area contributed by atoms with Crippen molar-refractivity contribution >= 4 is 16.8 Å². The van der Waals surface area contributed by atoms with Crippen LogP contribution in [0.4, 0.5) is 0 Å². The summed E-state index contributed by atoms with van der Waals surface area (Å²) in [5.41, 5.74) is 0.766. The number of nitrogens with zero attached hydrogens (tertiary/aromatic N) is 4. The summed E-state index contributed by atoms with van der Waals surface area (Å²) in [5, 5.41) is 3.40.